The SMILES string of the molecule is CC(C)(C#N)C1=C[C]=CCN1. The number of hydrogen-bond acceptors (Lipinski definition) is 2. The lowest BCUT2D eigenvalue weighted by molar-refractivity contribution is 0.543. The summed E-state index contributed by atoms with van der Waals surface area (Å²) in [7, 11) is 0. The molecule has 1 N–H and O–H groups in total. The molecular weight excluding hydrogens is 136 g/mol. The van der Waals surface area contributed by atoms with Crippen LogP contribution in [0.1, 0.15) is 13.8 Å². The standard InChI is InChI=1S/C9H11N2/c1-9(2,7-10)8-5-3-4-6-11-8/h4-5,11H,6H2,1-2H3. The van der Waals surface area contributed by atoms with Crippen LogP contribution in [0.15, 0.2) is 17.8 Å². The molecule has 2 heteroatoms. The monoisotopic (exact) mass is 147 g/mol. The van der Waals surface area contributed by atoms with Gasteiger partial charge in [0.05, 0.1) is 11.5 Å². The van der Waals surface area contributed by atoms with Gasteiger partial charge >= 0.3 is 0 Å². The van der Waals surface area contributed by atoms with Crippen molar-refractivity contribution in [2.45, 2.75) is 13.8 Å². The minimum atomic E-state index is -0.415. The van der Waals surface area contributed by atoms with Gasteiger partial charge in [-0.3, -0.25) is 0 Å². The summed E-state index contributed by atoms with van der Waals surface area (Å²) in [4.78, 5) is 0. The Morgan fingerprint density at radius 1 is 1.73 bits per heavy atom. The molecule has 1 rings (SSSR count). The Labute approximate surface area is 67.2 Å². The van der Waals surface area contributed by atoms with Gasteiger partial charge in [-0.15, -0.1) is 0 Å². The van der Waals surface area contributed by atoms with Crippen molar-refractivity contribution in [3.8, 4) is 6.07 Å². The van der Waals surface area contributed by atoms with E-state index in [1.165, 1.54) is 0 Å². The van der Waals surface area contributed by atoms with Gasteiger partial charge < -0.3 is 5.32 Å². The van der Waals surface area contributed by atoms with Crippen LogP contribution in [0.5, 0.6) is 0 Å². The highest BCUT2D eigenvalue weighted by Crippen LogP contribution is 2.23. The topological polar surface area (TPSA) is 35.8 Å². The van der Waals surface area contributed by atoms with Crippen LogP contribution in [0.3, 0.4) is 0 Å². The van der Waals surface area contributed by atoms with Gasteiger partial charge in [0.15, 0.2) is 0 Å². The summed E-state index contributed by atoms with van der Waals surface area (Å²) in [5.74, 6) is 0. The van der Waals surface area contributed by atoms with Crippen molar-refractivity contribution >= 4 is 0 Å². The van der Waals surface area contributed by atoms with Crippen molar-refractivity contribution in [3.63, 3.8) is 0 Å². The molecule has 11 heavy (non-hydrogen) atoms. The zero-order chi connectivity index (χ0) is 8.32. The Balaban J connectivity index is 2.83. The van der Waals surface area contributed by atoms with Gasteiger partial charge in [-0.05, 0) is 26.0 Å². The normalized spacial score (nSPS) is 16.6. The Morgan fingerprint density at radius 3 is 2.91 bits per heavy atom. The average molecular weight is 147 g/mol. The lowest BCUT2D eigenvalue weighted by Gasteiger charge is -2.22. The Kier molecular flexibility index (Phi) is 2.00. The van der Waals surface area contributed by atoms with E-state index in [0.29, 0.717) is 0 Å². The molecule has 0 bridgehead atoms. The van der Waals surface area contributed by atoms with Crippen molar-refractivity contribution in [2.24, 2.45) is 5.41 Å². The highest BCUT2D eigenvalue weighted by atomic mass is 14.9. The van der Waals surface area contributed by atoms with Crippen LogP contribution in [-0.2, 0) is 0 Å². The van der Waals surface area contributed by atoms with E-state index < -0.39 is 5.41 Å². The number of nitrogens with one attached hydrogen (secondary N) is 1. The molecule has 1 heterocycles. The average Bonchev–Trinajstić information content (AvgIpc) is 2.06. The summed E-state index contributed by atoms with van der Waals surface area (Å²) in [6, 6.07) is 2.23. The van der Waals surface area contributed by atoms with Gasteiger partial charge in [0, 0.05) is 12.2 Å². The van der Waals surface area contributed by atoms with Gasteiger partial charge in [-0.1, -0.05) is 6.08 Å². The first-order valence-electron chi connectivity index (χ1n) is 3.60. The van der Waals surface area contributed by atoms with E-state index in [-0.39, 0.29) is 0 Å². The van der Waals surface area contributed by atoms with Crippen LogP contribution in [-0.4, -0.2) is 6.54 Å². The van der Waals surface area contributed by atoms with Crippen molar-refractivity contribution in [1.29, 1.82) is 5.26 Å². The molecule has 1 aliphatic heterocycles. The minimum absolute atomic E-state index is 0.415. The maximum atomic E-state index is 8.78. The fourth-order valence-electron chi connectivity index (χ4n) is 0.875. The molecule has 0 unspecified atom stereocenters. The predicted molar refractivity (Wildman–Crippen MR) is 43.3 cm³/mol. The van der Waals surface area contributed by atoms with Crippen LogP contribution < -0.4 is 5.32 Å². The molecule has 0 spiro atoms. The largest absolute Gasteiger partial charge is 0.384 e. The van der Waals surface area contributed by atoms with Crippen molar-refractivity contribution in [2.75, 3.05) is 6.54 Å². The van der Waals surface area contributed by atoms with E-state index in [1.807, 2.05) is 26.0 Å². The van der Waals surface area contributed by atoms with E-state index in [9.17, 15) is 0 Å². The van der Waals surface area contributed by atoms with E-state index in [4.69, 9.17) is 5.26 Å². The lowest BCUT2D eigenvalue weighted by Crippen LogP contribution is -2.27. The molecule has 0 aromatic carbocycles. The van der Waals surface area contributed by atoms with Gasteiger partial charge in [-0.25, -0.2) is 0 Å². The fraction of sp³-hybridized carbons (Fsp3) is 0.444. The smallest absolute Gasteiger partial charge is 0.0912 e. The van der Waals surface area contributed by atoms with Crippen LogP contribution in [0.4, 0.5) is 0 Å². The molecule has 0 aromatic heterocycles. The molecule has 1 aliphatic rings. The van der Waals surface area contributed by atoms with Crippen molar-refractivity contribution in [3.05, 3.63) is 23.9 Å². The number of rotatable bonds is 1. The molecule has 0 atom stereocenters. The van der Waals surface area contributed by atoms with Gasteiger partial charge in [0.2, 0.25) is 0 Å². The number of nitrogens with zero attached hydrogens (tertiary/aromatic N) is 1. The third kappa shape index (κ3) is 1.62. The number of allylic oxidation sites excluding steroid dienone is 3. The quantitative estimate of drug-likeness (QED) is 0.608. The molecule has 0 aliphatic carbocycles. The predicted octanol–water partition coefficient (Wildman–Crippen LogP) is 1.38. The zero-order valence-electron chi connectivity index (χ0n) is 6.81. The van der Waals surface area contributed by atoms with Gasteiger partial charge in [0.25, 0.3) is 0 Å². The van der Waals surface area contributed by atoms with Crippen LogP contribution in [0.2, 0.25) is 0 Å². The maximum absolute atomic E-state index is 8.78. The first-order chi connectivity index (χ1) is 5.17. The van der Waals surface area contributed by atoms with Crippen LogP contribution in [0.25, 0.3) is 0 Å². The molecule has 0 amide bonds. The second kappa shape index (κ2) is 2.79. The number of dihydropyridines is 1. The molecule has 0 fully saturated rings. The molecule has 0 saturated carbocycles. The Morgan fingerprint density at radius 2 is 2.45 bits per heavy atom. The van der Waals surface area contributed by atoms with E-state index in [0.717, 1.165) is 12.2 Å². The lowest BCUT2D eigenvalue weighted by atomic mass is 9.90. The van der Waals surface area contributed by atoms with Gasteiger partial charge in [-0.2, -0.15) is 5.26 Å². The molecule has 0 aromatic rings. The highest BCUT2D eigenvalue weighted by Gasteiger charge is 2.22. The Bertz CT molecular complexity index is 241. The summed E-state index contributed by atoms with van der Waals surface area (Å²) >= 11 is 0. The number of nitriles is 1. The Hall–Kier alpha value is -1.23. The first kappa shape index (κ1) is 7.87. The zero-order valence-corrected chi connectivity index (χ0v) is 6.81. The first-order valence-corrected chi connectivity index (χ1v) is 3.60. The van der Waals surface area contributed by atoms with E-state index in [2.05, 4.69) is 17.5 Å². The second-order valence-corrected chi connectivity index (χ2v) is 3.05. The van der Waals surface area contributed by atoms with E-state index in [1.54, 1.807) is 0 Å². The molecular formula is C9H11N2. The van der Waals surface area contributed by atoms with Crippen molar-refractivity contribution < 1.29 is 0 Å². The second-order valence-electron chi connectivity index (χ2n) is 3.05. The highest BCUT2D eigenvalue weighted by molar-refractivity contribution is 5.24. The van der Waals surface area contributed by atoms with Crippen molar-refractivity contribution in [1.82, 2.24) is 5.32 Å². The molecule has 0 saturated heterocycles. The molecule has 2 nitrogen and oxygen atoms in total. The third-order valence-electron chi connectivity index (χ3n) is 1.69. The van der Waals surface area contributed by atoms with Crippen LogP contribution in [0, 0.1) is 22.8 Å². The molecule has 1 radical (unpaired) electrons. The summed E-state index contributed by atoms with van der Waals surface area (Å²) in [6.07, 6.45) is 6.70. The number of hydrogen-bond donors (Lipinski definition) is 1. The third-order valence-corrected chi connectivity index (χ3v) is 1.69. The molecule has 57 valence electrons. The van der Waals surface area contributed by atoms with E-state index >= 15 is 0 Å². The summed E-state index contributed by atoms with van der Waals surface area (Å²) in [5, 5.41) is 11.9. The summed E-state index contributed by atoms with van der Waals surface area (Å²) in [6.45, 7) is 4.55. The van der Waals surface area contributed by atoms with Crippen LogP contribution >= 0.6 is 0 Å². The minimum Gasteiger partial charge on any atom is -0.384 e. The van der Waals surface area contributed by atoms with Gasteiger partial charge in [0.1, 0.15) is 0 Å². The maximum Gasteiger partial charge on any atom is 0.0912 e. The summed E-state index contributed by atoms with van der Waals surface area (Å²) < 4.78 is 0. The fourth-order valence-corrected chi connectivity index (χ4v) is 0.875. The summed E-state index contributed by atoms with van der Waals surface area (Å²) in [5.41, 5.74) is 0.531.